The van der Waals surface area contributed by atoms with Crippen molar-refractivity contribution in [2.24, 2.45) is 0 Å². The van der Waals surface area contributed by atoms with Crippen LogP contribution in [0.15, 0.2) is 42.5 Å². The normalized spacial score (nSPS) is 14.6. The number of hydrogen-bond acceptors (Lipinski definition) is 4. The van der Waals surface area contributed by atoms with E-state index in [2.05, 4.69) is 4.98 Å². The highest BCUT2D eigenvalue weighted by Gasteiger charge is 2.33. The predicted octanol–water partition coefficient (Wildman–Crippen LogP) is 5.66. The van der Waals surface area contributed by atoms with E-state index < -0.39 is 23.6 Å². The van der Waals surface area contributed by atoms with E-state index in [0.29, 0.717) is 29.7 Å². The van der Waals surface area contributed by atoms with Crippen LogP contribution in [0.2, 0.25) is 0 Å². The number of ether oxygens (including phenoxy) is 1. The Hall–Kier alpha value is -3.34. The monoisotopic (exact) mass is 429 g/mol. The summed E-state index contributed by atoms with van der Waals surface area (Å²) >= 11 is 0. The maximum atomic E-state index is 13.3. The van der Waals surface area contributed by atoms with Crippen LogP contribution >= 0.6 is 0 Å². The molecule has 0 fully saturated rings. The Balaban J connectivity index is 1.95. The van der Waals surface area contributed by atoms with Crippen LogP contribution in [0.4, 0.5) is 18.0 Å². The smallest absolute Gasteiger partial charge is 0.433 e. The predicted molar refractivity (Wildman–Crippen MR) is 110 cm³/mol. The number of alkyl halides is 3. The topological polar surface area (TPSA) is 66.2 Å². The number of carbonyl (C=O) groups excluding carboxylic acids is 1. The van der Waals surface area contributed by atoms with Gasteiger partial charge in [-0.2, -0.15) is 18.4 Å². The van der Waals surface area contributed by atoms with E-state index in [-0.39, 0.29) is 12.2 Å². The van der Waals surface area contributed by atoms with Gasteiger partial charge in [0, 0.05) is 24.2 Å². The van der Waals surface area contributed by atoms with Crippen LogP contribution in [-0.2, 0) is 10.9 Å². The van der Waals surface area contributed by atoms with E-state index in [9.17, 15) is 18.0 Å². The first-order valence-corrected chi connectivity index (χ1v) is 9.74. The molecule has 0 spiro atoms. The minimum absolute atomic E-state index is 0.191. The Labute approximate surface area is 178 Å². The second-order valence-corrected chi connectivity index (χ2v) is 8.19. The van der Waals surface area contributed by atoms with Crippen molar-refractivity contribution in [1.82, 2.24) is 9.88 Å². The van der Waals surface area contributed by atoms with E-state index in [0.717, 1.165) is 11.6 Å². The quantitative estimate of drug-likeness (QED) is 0.618. The Morgan fingerprint density at radius 1 is 1.13 bits per heavy atom. The number of amides is 1. The lowest BCUT2D eigenvalue weighted by Crippen LogP contribution is -2.39. The van der Waals surface area contributed by atoms with E-state index in [4.69, 9.17) is 10.00 Å². The number of pyridine rings is 1. The summed E-state index contributed by atoms with van der Waals surface area (Å²) in [6.07, 6.45) is -2.74. The number of carbonyl (C=O) groups is 1. The largest absolute Gasteiger partial charge is 0.444 e. The molecule has 0 bridgehead atoms. The maximum Gasteiger partial charge on any atom is 0.433 e. The summed E-state index contributed by atoms with van der Waals surface area (Å²) in [5.41, 5.74) is 0.861. The molecular weight excluding hydrogens is 407 g/mol. The van der Waals surface area contributed by atoms with Gasteiger partial charge in [-0.1, -0.05) is 24.3 Å². The van der Waals surface area contributed by atoms with Gasteiger partial charge in [0.1, 0.15) is 11.3 Å². The lowest BCUT2D eigenvalue weighted by molar-refractivity contribution is -0.141. The number of rotatable bonds is 2. The number of nitrogens with zero attached hydrogens (tertiary/aromatic N) is 3. The second kappa shape index (κ2) is 8.42. The zero-order valence-corrected chi connectivity index (χ0v) is 17.5. The molecule has 1 aliphatic rings. The van der Waals surface area contributed by atoms with Crippen LogP contribution in [0.25, 0.3) is 16.8 Å². The average molecular weight is 429 g/mol. The van der Waals surface area contributed by atoms with Crippen molar-refractivity contribution in [3.63, 3.8) is 0 Å². The van der Waals surface area contributed by atoms with Crippen LogP contribution in [0.5, 0.6) is 0 Å². The molecule has 162 valence electrons. The molecule has 0 atom stereocenters. The van der Waals surface area contributed by atoms with Gasteiger partial charge in [-0.25, -0.2) is 9.78 Å². The minimum Gasteiger partial charge on any atom is -0.444 e. The molecule has 1 amide bonds. The summed E-state index contributed by atoms with van der Waals surface area (Å²) in [5, 5.41) is 8.98. The van der Waals surface area contributed by atoms with Crippen molar-refractivity contribution in [2.45, 2.75) is 39.0 Å². The summed E-state index contributed by atoms with van der Waals surface area (Å²) in [6, 6.07) is 10.6. The average Bonchev–Trinajstić information content (AvgIpc) is 2.71. The molecule has 0 unspecified atom stereocenters. The Kier molecular flexibility index (Phi) is 6.07. The molecule has 0 saturated carbocycles. The number of nitriles is 1. The third-order valence-corrected chi connectivity index (χ3v) is 4.68. The molecule has 5 nitrogen and oxygen atoms in total. The van der Waals surface area contributed by atoms with E-state index >= 15 is 0 Å². The first-order valence-electron chi connectivity index (χ1n) is 9.74. The van der Waals surface area contributed by atoms with Gasteiger partial charge in [-0.15, -0.1) is 0 Å². The first kappa shape index (κ1) is 22.3. The zero-order valence-electron chi connectivity index (χ0n) is 17.5. The van der Waals surface area contributed by atoms with Crippen molar-refractivity contribution in [2.75, 3.05) is 13.1 Å². The maximum absolute atomic E-state index is 13.3. The van der Waals surface area contributed by atoms with Gasteiger partial charge in [0.2, 0.25) is 0 Å². The number of aromatic nitrogens is 1. The molecule has 8 heteroatoms. The van der Waals surface area contributed by atoms with Gasteiger partial charge in [-0.05, 0) is 51.0 Å². The van der Waals surface area contributed by atoms with Crippen LogP contribution < -0.4 is 0 Å². The fourth-order valence-electron chi connectivity index (χ4n) is 3.20. The van der Waals surface area contributed by atoms with Crippen molar-refractivity contribution in [3.8, 4) is 17.3 Å². The molecule has 31 heavy (non-hydrogen) atoms. The molecule has 3 rings (SSSR count). The van der Waals surface area contributed by atoms with Gasteiger partial charge in [-0.3, -0.25) is 0 Å². The molecule has 1 aromatic heterocycles. The van der Waals surface area contributed by atoms with Crippen LogP contribution in [0.3, 0.4) is 0 Å². The molecular formula is C23H22F3N3O2. The molecule has 0 radical (unpaired) electrons. The second-order valence-electron chi connectivity index (χ2n) is 8.19. The third-order valence-electron chi connectivity index (χ3n) is 4.68. The van der Waals surface area contributed by atoms with Crippen LogP contribution in [-0.4, -0.2) is 34.7 Å². The fraction of sp³-hybridized carbons (Fsp3) is 0.348. The molecule has 0 N–H and O–H groups in total. The molecule has 1 aromatic carbocycles. The third kappa shape index (κ3) is 5.43. The number of halogens is 3. The highest BCUT2D eigenvalue weighted by molar-refractivity contribution is 5.81. The summed E-state index contributed by atoms with van der Waals surface area (Å²) in [6.45, 7) is 6.03. The Morgan fingerprint density at radius 3 is 2.32 bits per heavy atom. The van der Waals surface area contributed by atoms with Crippen molar-refractivity contribution >= 4 is 11.7 Å². The summed E-state index contributed by atoms with van der Waals surface area (Å²) in [4.78, 5) is 17.7. The fourth-order valence-corrected chi connectivity index (χ4v) is 3.20. The lowest BCUT2D eigenvalue weighted by atomic mass is 9.94. The summed E-state index contributed by atoms with van der Waals surface area (Å²) in [7, 11) is 0. The molecule has 2 heterocycles. The highest BCUT2D eigenvalue weighted by atomic mass is 19.4. The van der Waals surface area contributed by atoms with Crippen LogP contribution in [0.1, 0.15) is 44.0 Å². The minimum atomic E-state index is -4.58. The van der Waals surface area contributed by atoms with Crippen molar-refractivity contribution in [3.05, 3.63) is 59.3 Å². The summed E-state index contributed by atoms with van der Waals surface area (Å²) in [5.74, 6) is 0. The van der Waals surface area contributed by atoms with Crippen molar-refractivity contribution < 1.29 is 22.7 Å². The molecule has 0 aliphatic carbocycles. The van der Waals surface area contributed by atoms with Gasteiger partial charge < -0.3 is 9.64 Å². The lowest BCUT2D eigenvalue weighted by Gasteiger charge is -2.30. The van der Waals surface area contributed by atoms with E-state index in [1.54, 1.807) is 49.9 Å². The number of hydrogen-bond donors (Lipinski definition) is 0. The Morgan fingerprint density at radius 2 is 1.81 bits per heavy atom. The van der Waals surface area contributed by atoms with Gasteiger partial charge >= 0.3 is 12.3 Å². The van der Waals surface area contributed by atoms with E-state index in [1.807, 2.05) is 12.1 Å². The Bertz CT molecular complexity index is 1050. The first-order chi connectivity index (χ1) is 14.5. The van der Waals surface area contributed by atoms with Crippen LogP contribution in [0, 0.1) is 11.3 Å². The summed E-state index contributed by atoms with van der Waals surface area (Å²) < 4.78 is 45.2. The van der Waals surface area contributed by atoms with Gasteiger partial charge in [0.25, 0.3) is 0 Å². The van der Waals surface area contributed by atoms with Gasteiger partial charge in [0.05, 0.1) is 17.3 Å². The molecule has 1 aliphatic heterocycles. The molecule has 2 aromatic rings. The standard InChI is InChI=1S/C23H22F3N3O2/c1-22(2,3)31-21(30)29-12-10-16(11-13-29)18-8-9-19(23(24,25)26)28-20(18)17-6-4-15(14-27)5-7-17/h4-10H,11-13H2,1-3H3. The zero-order chi connectivity index (χ0) is 22.8. The van der Waals surface area contributed by atoms with Crippen molar-refractivity contribution in [1.29, 1.82) is 5.26 Å². The van der Waals surface area contributed by atoms with E-state index in [1.165, 1.54) is 6.07 Å². The molecule has 0 saturated heterocycles. The van der Waals surface area contributed by atoms with Gasteiger partial charge in [0.15, 0.2) is 0 Å². The SMILES string of the molecule is CC(C)(C)OC(=O)N1CC=C(c2ccc(C(F)(F)F)nc2-c2ccc(C#N)cc2)CC1. The number of benzene rings is 1. The highest BCUT2D eigenvalue weighted by Crippen LogP contribution is 2.35.